The van der Waals surface area contributed by atoms with E-state index in [9.17, 15) is 18.0 Å². The molecule has 1 aromatic heterocycles. The highest BCUT2D eigenvalue weighted by Gasteiger charge is 2.23. The number of aromatic nitrogens is 1. The van der Waals surface area contributed by atoms with Crippen LogP contribution in [-0.4, -0.2) is 25.1 Å². The zero-order valence-electron chi connectivity index (χ0n) is 18.2. The van der Waals surface area contributed by atoms with Crippen LogP contribution in [0.1, 0.15) is 22.8 Å². The number of nitrogens with zero attached hydrogens (tertiary/aromatic N) is 2. The average Bonchev–Trinajstić information content (AvgIpc) is 3.11. The second kappa shape index (κ2) is 9.21. The number of carbonyl (C=O) groups is 1. The van der Waals surface area contributed by atoms with Gasteiger partial charge in [-0.25, -0.2) is 8.42 Å². The van der Waals surface area contributed by atoms with Crippen molar-refractivity contribution in [2.75, 3.05) is 15.9 Å². The number of fused-ring (bicyclic) bond motifs is 1. The Morgan fingerprint density at radius 1 is 1.03 bits per heavy atom. The van der Waals surface area contributed by atoms with Crippen LogP contribution in [0.15, 0.2) is 77.6 Å². The summed E-state index contributed by atoms with van der Waals surface area (Å²) in [7, 11) is -3.66. The van der Waals surface area contributed by atoms with E-state index in [4.69, 9.17) is 0 Å². The summed E-state index contributed by atoms with van der Waals surface area (Å²) in [6.45, 7) is 2.58. The molecule has 3 aromatic carbocycles. The Morgan fingerprint density at radius 3 is 2.42 bits per heavy atom. The number of anilines is 2. The van der Waals surface area contributed by atoms with Crippen LogP contribution in [0.25, 0.3) is 10.2 Å². The van der Waals surface area contributed by atoms with Crippen LogP contribution >= 0.6 is 11.3 Å². The van der Waals surface area contributed by atoms with Crippen molar-refractivity contribution in [2.24, 2.45) is 0 Å². The molecule has 0 aliphatic rings. The highest BCUT2D eigenvalue weighted by molar-refractivity contribution is 7.92. The van der Waals surface area contributed by atoms with Gasteiger partial charge in [-0.05, 0) is 42.8 Å². The quantitative estimate of drug-likeness (QED) is 0.426. The van der Waals surface area contributed by atoms with Crippen molar-refractivity contribution < 1.29 is 13.2 Å². The number of carbonyl (C=O) groups excluding carboxylic acids is 1. The van der Waals surface area contributed by atoms with Crippen molar-refractivity contribution in [3.05, 3.63) is 93.6 Å². The van der Waals surface area contributed by atoms with E-state index < -0.39 is 15.9 Å². The molecule has 1 N–H and O–H groups in total. The third-order valence-electron chi connectivity index (χ3n) is 5.23. The van der Waals surface area contributed by atoms with Crippen molar-refractivity contribution >= 4 is 48.9 Å². The fraction of sp³-hybridized carbons (Fsp3) is 0.167. The molecule has 0 fully saturated rings. The maximum absolute atomic E-state index is 13.2. The largest absolute Gasteiger partial charge is 0.322 e. The lowest BCUT2D eigenvalue weighted by atomic mass is 10.1. The van der Waals surface area contributed by atoms with Crippen molar-refractivity contribution in [2.45, 2.75) is 20.0 Å². The number of rotatable bonds is 7. The summed E-state index contributed by atoms with van der Waals surface area (Å²) in [5.74, 6) is -0.436. The van der Waals surface area contributed by atoms with Gasteiger partial charge in [-0.3, -0.25) is 18.5 Å². The smallest absolute Gasteiger partial charge is 0.308 e. The fourth-order valence-corrected chi connectivity index (χ4v) is 5.55. The molecule has 0 spiro atoms. The maximum atomic E-state index is 13.2. The van der Waals surface area contributed by atoms with E-state index in [1.165, 1.54) is 4.31 Å². The van der Waals surface area contributed by atoms with Crippen molar-refractivity contribution in [1.82, 2.24) is 4.57 Å². The highest BCUT2D eigenvalue weighted by atomic mass is 32.2. The lowest BCUT2D eigenvalue weighted by molar-refractivity contribution is 0.102. The number of nitrogens with one attached hydrogen (secondary N) is 1. The first kappa shape index (κ1) is 22.8. The van der Waals surface area contributed by atoms with Crippen molar-refractivity contribution in [3.8, 4) is 0 Å². The molecule has 4 rings (SSSR count). The zero-order chi connectivity index (χ0) is 23.6. The van der Waals surface area contributed by atoms with Gasteiger partial charge in [0.2, 0.25) is 10.0 Å². The molecule has 0 saturated heterocycles. The summed E-state index contributed by atoms with van der Waals surface area (Å²) in [6.07, 6.45) is 1.12. The Hall–Kier alpha value is -3.43. The molecular weight excluding hydrogens is 458 g/mol. The van der Waals surface area contributed by atoms with Gasteiger partial charge in [0, 0.05) is 12.2 Å². The van der Waals surface area contributed by atoms with E-state index in [2.05, 4.69) is 5.32 Å². The first-order chi connectivity index (χ1) is 15.8. The summed E-state index contributed by atoms with van der Waals surface area (Å²) in [6, 6.07) is 21.1. The topological polar surface area (TPSA) is 88.5 Å². The van der Waals surface area contributed by atoms with E-state index in [0.29, 0.717) is 17.9 Å². The van der Waals surface area contributed by atoms with E-state index in [0.717, 1.165) is 33.4 Å². The molecule has 0 aliphatic heterocycles. The molecule has 0 bridgehead atoms. The van der Waals surface area contributed by atoms with Crippen molar-refractivity contribution in [3.63, 3.8) is 0 Å². The first-order valence-corrected chi connectivity index (χ1v) is 13.0. The third kappa shape index (κ3) is 4.84. The van der Waals surface area contributed by atoms with Crippen LogP contribution in [0.3, 0.4) is 0 Å². The molecule has 0 unspecified atom stereocenters. The van der Waals surface area contributed by atoms with E-state index in [-0.39, 0.29) is 17.0 Å². The predicted octanol–water partition coefficient (Wildman–Crippen LogP) is 4.30. The number of para-hydroxylation sites is 1. The number of sulfonamides is 1. The van der Waals surface area contributed by atoms with Crippen LogP contribution in [0.2, 0.25) is 0 Å². The summed E-state index contributed by atoms with van der Waals surface area (Å²) < 4.78 is 29.0. The van der Waals surface area contributed by atoms with Crippen LogP contribution in [-0.2, 0) is 23.1 Å². The van der Waals surface area contributed by atoms with Crippen LogP contribution in [0, 0.1) is 0 Å². The van der Waals surface area contributed by atoms with Crippen molar-refractivity contribution in [1.29, 1.82) is 0 Å². The molecule has 4 aromatic rings. The minimum absolute atomic E-state index is 0.0500. The van der Waals surface area contributed by atoms with Gasteiger partial charge in [0.1, 0.15) is 0 Å². The van der Waals surface area contributed by atoms with Gasteiger partial charge < -0.3 is 5.32 Å². The number of benzene rings is 3. The van der Waals surface area contributed by atoms with Gasteiger partial charge in [0.15, 0.2) is 0 Å². The molecule has 1 heterocycles. The van der Waals surface area contributed by atoms with Gasteiger partial charge in [0.25, 0.3) is 5.91 Å². The number of aryl methyl sites for hydroxylation is 1. The van der Waals surface area contributed by atoms with Gasteiger partial charge in [-0.15, -0.1) is 0 Å². The van der Waals surface area contributed by atoms with Gasteiger partial charge in [-0.2, -0.15) is 0 Å². The van der Waals surface area contributed by atoms with Crippen LogP contribution < -0.4 is 14.5 Å². The predicted molar refractivity (Wildman–Crippen MR) is 134 cm³/mol. The molecule has 7 nitrogen and oxygen atoms in total. The molecule has 170 valence electrons. The highest BCUT2D eigenvalue weighted by Crippen LogP contribution is 2.27. The average molecular weight is 482 g/mol. The minimum Gasteiger partial charge on any atom is -0.322 e. The minimum atomic E-state index is -3.66. The van der Waals surface area contributed by atoms with Gasteiger partial charge in [-0.1, -0.05) is 53.8 Å². The van der Waals surface area contributed by atoms with Gasteiger partial charge >= 0.3 is 4.87 Å². The van der Waals surface area contributed by atoms with E-state index in [1.807, 2.05) is 37.3 Å². The molecule has 0 saturated carbocycles. The summed E-state index contributed by atoms with van der Waals surface area (Å²) in [4.78, 5) is 25.3. The standard InChI is InChI=1S/C24H23N3O4S2/c1-3-26-21-14-13-18(15-22(21)32-24(26)29)25-23(28)19-11-7-8-12-20(19)27(33(2,30)31)16-17-9-5-4-6-10-17/h4-15H,3,16H2,1-2H3,(H,25,28). The number of hydrogen-bond acceptors (Lipinski definition) is 5. The lowest BCUT2D eigenvalue weighted by Crippen LogP contribution is -2.31. The molecular formula is C24H23N3O4S2. The van der Waals surface area contributed by atoms with Gasteiger partial charge in [0.05, 0.1) is 34.3 Å². The second-order valence-electron chi connectivity index (χ2n) is 7.52. The molecule has 0 radical (unpaired) electrons. The summed E-state index contributed by atoms with van der Waals surface area (Å²) in [5, 5.41) is 2.84. The molecule has 1 amide bonds. The van der Waals surface area contributed by atoms with Crippen LogP contribution in [0.4, 0.5) is 11.4 Å². The second-order valence-corrected chi connectivity index (χ2v) is 10.4. The summed E-state index contributed by atoms with van der Waals surface area (Å²) in [5.41, 5.74) is 2.68. The number of thiazole rings is 1. The molecule has 9 heteroatoms. The Morgan fingerprint density at radius 2 is 1.73 bits per heavy atom. The zero-order valence-corrected chi connectivity index (χ0v) is 19.8. The summed E-state index contributed by atoms with van der Waals surface area (Å²) >= 11 is 1.12. The monoisotopic (exact) mass is 481 g/mol. The number of hydrogen-bond donors (Lipinski definition) is 1. The number of amides is 1. The van der Waals surface area contributed by atoms with E-state index >= 15 is 0 Å². The normalized spacial score (nSPS) is 11.5. The van der Waals surface area contributed by atoms with E-state index in [1.54, 1.807) is 47.0 Å². The Balaban J connectivity index is 1.68. The lowest BCUT2D eigenvalue weighted by Gasteiger charge is -2.24. The fourth-order valence-electron chi connectivity index (χ4n) is 3.66. The van der Waals surface area contributed by atoms with Crippen LogP contribution in [0.5, 0.6) is 0 Å². The Labute approximate surface area is 196 Å². The molecule has 33 heavy (non-hydrogen) atoms. The Kier molecular flexibility index (Phi) is 6.35. The third-order valence-corrected chi connectivity index (χ3v) is 7.30. The molecule has 0 atom stereocenters. The Bertz CT molecular complexity index is 1470. The molecule has 0 aliphatic carbocycles. The SMILES string of the molecule is CCn1c(=O)sc2cc(NC(=O)c3ccccc3N(Cc3ccccc3)S(C)(=O)=O)ccc21. The maximum Gasteiger partial charge on any atom is 0.308 e. The first-order valence-electron chi connectivity index (χ1n) is 10.3.